The number of benzene rings is 1. The van der Waals surface area contributed by atoms with E-state index < -0.39 is 0 Å². The van der Waals surface area contributed by atoms with E-state index in [1.54, 1.807) is 23.5 Å². The van der Waals surface area contributed by atoms with E-state index in [0.717, 1.165) is 13.0 Å². The molecule has 1 saturated heterocycles. The number of hydrogen-bond donors (Lipinski definition) is 1. The summed E-state index contributed by atoms with van der Waals surface area (Å²) in [5.41, 5.74) is 0.695. The van der Waals surface area contributed by atoms with E-state index in [-0.39, 0.29) is 17.9 Å². The zero-order valence-electron chi connectivity index (χ0n) is 13.2. The van der Waals surface area contributed by atoms with Crippen molar-refractivity contribution in [1.82, 2.24) is 14.9 Å². The van der Waals surface area contributed by atoms with Crippen LogP contribution in [0.3, 0.4) is 0 Å². The van der Waals surface area contributed by atoms with Gasteiger partial charge in [0, 0.05) is 38.3 Å². The largest absolute Gasteiger partial charge is 0.351 e. The topological polar surface area (TPSA) is 67.2 Å². The molecule has 2 amide bonds. The first kappa shape index (κ1) is 16.5. The molecule has 3 rings (SSSR count). The molecular weight excluding hydrogens is 328 g/mol. The lowest BCUT2D eigenvalue weighted by atomic mass is 10.2. The average Bonchev–Trinajstić information content (AvgIpc) is 3.18. The van der Waals surface area contributed by atoms with Gasteiger partial charge in [0.15, 0.2) is 0 Å². The molecule has 0 spiro atoms. The summed E-state index contributed by atoms with van der Waals surface area (Å²) in [7, 11) is 0. The third kappa shape index (κ3) is 3.94. The maximum Gasteiger partial charge on any atom is 0.229 e. The van der Waals surface area contributed by atoms with Crippen molar-refractivity contribution in [3.05, 3.63) is 48.0 Å². The Labute approximate surface area is 145 Å². The van der Waals surface area contributed by atoms with Crippen LogP contribution in [-0.2, 0) is 16.1 Å². The molecular formula is C17H19ClN4O2. The molecule has 24 heavy (non-hydrogen) atoms. The second-order valence-electron chi connectivity index (χ2n) is 5.83. The number of imidazole rings is 1. The minimum absolute atomic E-state index is 0.0215. The standard InChI is InChI=1S/C17H19ClN4O2/c18-14-4-1-2-5-15(14)22-11-13(10-17(22)24)20-16(23)6-3-8-21-9-7-19-12-21/h1-2,4-5,7,9,12-13H,3,6,8,10-11H2,(H,20,23)/t13-/m0/s1. The van der Waals surface area contributed by atoms with Gasteiger partial charge in [-0.3, -0.25) is 9.59 Å². The lowest BCUT2D eigenvalue weighted by Crippen LogP contribution is -2.37. The van der Waals surface area contributed by atoms with Crippen LogP contribution in [0.5, 0.6) is 0 Å². The highest BCUT2D eigenvalue weighted by atomic mass is 35.5. The minimum Gasteiger partial charge on any atom is -0.351 e. The highest BCUT2D eigenvalue weighted by Crippen LogP contribution is 2.28. The number of para-hydroxylation sites is 1. The van der Waals surface area contributed by atoms with E-state index in [9.17, 15) is 9.59 Å². The Kier molecular flexibility index (Phi) is 5.15. The van der Waals surface area contributed by atoms with Gasteiger partial charge in [0.1, 0.15) is 0 Å². The number of aryl methyl sites for hydroxylation is 1. The van der Waals surface area contributed by atoms with E-state index in [2.05, 4.69) is 10.3 Å². The molecule has 1 aromatic heterocycles. The molecule has 0 radical (unpaired) electrons. The average molecular weight is 347 g/mol. The van der Waals surface area contributed by atoms with Gasteiger partial charge in [0.25, 0.3) is 0 Å². The minimum atomic E-state index is -0.172. The van der Waals surface area contributed by atoms with Gasteiger partial charge >= 0.3 is 0 Å². The number of amides is 2. The maximum absolute atomic E-state index is 12.2. The molecule has 1 atom stereocenters. The van der Waals surface area contributed by atoms with E-state index in [1.165, 1.54) is 0 Å². The van der Waals surface area contributed by atoms with Gasteiger partial charge in [-0.25, -0.2) is 4.98 Å². The summed E-state index contributed by atoms with van der Waals surface area (Å²) in [6.45, 7) is 1.21. The van der Waals surface area contributed by atoms with Crippen LogP contribution in [0.15, 0.2) is 43.0 Å². The number of carbonyl (C=O) groups excluding carboxylic acids is 2. The number of aromatic nitrogens is 2. The van der Waals surface area contributed by atoms with Crippen molar-refractivity contribution in [2.24, 2.45) is 0 Å². The molecule has 1 aliphatic rings. The summed E-state index contributed by atoms with van der Waals surface area (Å²) in [5.74, 6) is -0.0549. The zero-order valence-corrected chi connectivity index (χ0v) is 13.9. The summed E-state index contributed by atoms with van der Waals surface area (Å²) in [6, 6.07) is 7.07. The van der Waals surface area contributed by atoms with E-state index >= 15 is 0 Å². The molecule has 6 nitrogen and oxygen atoms in total. The van der Waals surface area contributed by atoms with Crippen LogP contribution in [0.1, 0.15) is 19.3 Å². The van der Waals surface area contributed by atoms with Crippen molar-refractivity contribution in [1.29, 1.82) is 0 Å². The van der Waals surface area contributed by atoms with Gasteiger partial charge < -0.3 is 14.8 Å². The first-order valence-corrected chi connectivity index (χ1v) is 8.31. The number of hydrogen-bond acceptors (Lipinski definition) is 3. The highest BCUT2D eigenvalue weighted by Gasteiger charge is 2.32. The van der Waals surface area contributed by atoms with E-state index in [1.807, 2.05) is 29.0 Å². The molecule has 1 fully saturated rings. The number of halogens is 1. The Morgan fingerprint density at radius 2 is 2.21 bits per heavy atom. The Bertz CT molecular complexity index is 717. The quantitative estimate of drug-likeness (QED) is 0.872. The third-order valence-corrected chi connectivity index (χ3v) is 4.33. The molecule has 1 aromatic carbocycles. The first-order valence-electron chi connectivity index (χ1n) is 7.93. The third-order valence-electron chi connectivity index (χ3n) is 4.01. The van der Waals surface area contributed by atoms with Crippen molar-refractivity contribution in [3.63, 3.8) is 0 Å². The van der Waals surface area contributed by atoms with Crippen LogP contribution in [0, 0.1) is 0 Å². The second-order valence-corrected chi connectivity index (χ2v) is 6.24. The van der Waals surface area contributed by atoms with Crippen molar-refractivity contribution in [2.45, 2.75) is 31.8 Å². The molecule has 0 bridgehead atoms. The molecule has 2 heterocycles. The predicted molar refractivity (Wildman–Crippen MR) is 91.8 cm³/mol. The molecule has 0 unspecified atom stereocenters. The van der Waals surface area contributed by atoms with Crippen LogP contribution >= 0.6 is 11.6 Å². The molecule has 1 N–H and O–H groups in total. The Morgan fingerprint density at radius 1 is 1.38 bits per heavy atom. The van der Waals surface area contributed by atoms with E-state index in [4.69, 9.17) is 11.6 Å². The highest BCUT2D eigenvalue weighted by molar-refractivity contribution is 6.33. The fraction of sp³-hybridized carbons (Fsp3) is 0.353. The van der Waals surface area contributed by atoms with Gasteiger partial charge in [0.2, 0.25) is 11.8 Å². The van der Waals surface area contributed by atoms with Gasteiger partial charge in [-0.15, -0.1) is 0 Å². The van der Waals surface area contributed by atoms with Crippen LogP contribution < -0.4 is 10.2 Å². The summed E-state index contributed by atoms with van der Waals surface area (Å²) in [5, 5.41) is 3.48. The van der Waals surface area contributed by atoms with Crippen molar-refractivity contribution in [2.75, 3.05) is 11.4 Å². The summed E-state index contributed by atoms with van der Waals surface area (Å²) in [4.78, 5) is 29.8. The number of carbonyl (C=O) groups is 2. The van der Waals surface area contributed by atoms with Crippen LogP contribution in [-0.4, -0.2) is 34.0 Å². The predicted octanol–water partition coefficient (Wildman–Crippen LogP) is 2.24. The zero-order chi connectivity index (χ0) is 16.9. The maximum atomic E-state index is 12.2. The molecule has 126 valence electrons. The normalized spacial score (nSPS) is 17.3. The fourth-order valence-corrected chi connectivity index (χ4v) is 3.09. The summed E-state index contributed by atoms with van der Waals surface area (Å²) < 4.78 is 1.94. The summed E-state index contributed by atoms with van der Waals surface area (Å²) >= 11 is 6.15. The number of rotatable bonds is 6. The summed E-state index contributed by atoms with van der Waals surface area (Å²) in [6.07, 6.45) is 6.78. The smallest absolute Gasteiger partial charge is 0.229 e. The molecule has 0 aliphatic carbocycles. The lowest BCUT2D eigenvalue weighted by molar-refractivity contribution is -0.121. The van der Waals surface area contributed by atoms with Crippen LogP contribution in [0.25, 0.3) is 0 Å². The van der Waals surface area contributed by atoms with Gasteiger partial charge in [0.05, 0.1) is 23.1 Å². The first-order chi connectivity index (χ1) is 11.6. The number of nitrogens with zero attached hydrogens (tertiary/aromatic N) is 3. The SMILES string of the molecule is O=C(CCCn1ccnc1)N[C@H]1CC(=O)N(c2ccccc2Cl)C1. The van der Waals surface area contributed by atoms with E-state index in [0.29, 0.717) is 30.1 Å². The lowest BCUT2D eigenvalue weighted by Gasteiger charge is -2.18. The van der Waals surface area contributed by atoms with Crippen molar-refractivity contribution < 1.29 is 9.59 Å². The van der Waals surface area contributed by atoms with Crippen molar-refractivity contribution in [3.8, 4) is 0 Å². The molecule has 2 aromatic rings. The van der Waals surface area contributed by atoms with Crippen LogP contribution in [0.4, 0.5) is 5.69 Å². The fourth-order valence-electron chi connectivity index (χ4n) is 2.85. The molecule has 7 heteroatoms. The van der Waals surface area contributed by atoms with Crippen LogP contribution in [0.2, 0.25) is 5.02 Å². The second kappa shape index (κ2) is 7.49. The number of anilines is 1. The Balaban J connectivity index is 1.49. The van der Waals surface area contributed by atoms with Gasteiger partial charge in [-0.1, -0.05) is 23.7 Å². The van der Waals surface area contributed by atoms with Gasteiger partial charge in [-0.2, -0.15) is 0 Å². The monoisotopic (exact) mass is 346 g/mol. The molecule has 1 aliphatic heterocycles. The Morgan fingerprint density at radius 3 is 2.96 bits per heavy atom. The Hall–Kier alpha value is -2.34. The molecule has 0 saturated carbocycles. The van der Waals surface area contributed by atoms with Crippen molar-refractivity contribution >= 4 is 29.1 Å². The number of nitrogens with one attached hydrogen (secondary N) is 1. The van der Waals surface area contributed by atoms with Gasteiger partial charge in [-0.05, 0) is 18.6 Å².